The summed E-state index contributed by atoms with van der Waals surface area (Å²) in [5.41, 5.74) is 8.26. The van der Waals surface area contributed by atoms with Gasteiger partial charge >= 0.3 is 0 Å². The number of hydrogen-bond donors (Lipinski definition) is 0. The van der Waals surface area contributed by atoms with Crippen molar-refractivity contribution in [1.82, 2.24) is 9.88 Å². The highest BCUT2D eigenvalue weighted by Gasteiger charge is 2.25. The molecule has 0 unspecified atom stereocenters. The summed E-state index contributed by atoms with van der Waals surface area (Å²) in [5, 5.41) is 0.835. The molecule has 2 aromatic rings. The number of nitrogens with zero attached hydrogens (tertiary/aromatic N) is 2. The molecule has 28 heavy (non-hydrogen) atoms. The Bertz CT molecular complexity index is 857. The van der Waals surface area contributed by atoms with Gasteiger partial charge in [0.2, 0.25) is 0 Å². The van der Waals surface area contributed by atoms with E-state index in [2.05, 4.69) is 43.0 Å². The van der Waals surface area contributed by atoms with Gasteiger partial charge in [0.25, 0.3) is 0 Å². The van der Waals surface area contributed by atoms with Crippen LogP contribution >= 0.6 is 11.6 Å². The quantitative estimate of drug-likeness (QED) is 0.616. The van der Waals surface area contributed by atoms with Crippen LogP contribution in [0.3, 0.4) is 0 Å². The molecule has 1 aromatic heterocycles. The normalized spacial score (nSPS) is 17.4. The van der Waals surface area contributed by atoms with Gasteiger partial charge in [-0.2, -0.15) is 0 Å². The number of piperidine rings is 1. The third kappa shape index (κ3) is 4.04. The first-order valence-electron chi connectivity index (χ1n) is 10.9. The fourth-order valence-electron chi connectivity index (χ4n) is 4.80. The summed E-state index contributed by atoms with van der Waals surface area (Å²) in [6, 6.07) is 10.7. The Morgan fingerprint density at radius 2 is 1.75 bits per heavy atom. The van der Waals surface area contributed by atoms with Crippen molar-refractivity contribution in [2.24, 2.45) is 5.92 Å². The molecule has 0 radical (unpaired) electrons. The zero-order valence-corrected chi connectivity index (χ0v) is 17.9. The van der Waals surface area contributed by atoms with Gasteiger partial charge in [-0.05, 0) is 66.5 Å². The molecule has 1 aliphatic heterocycles. The molecule has 1 aliphatic carbocycles. The van der Waals surface area contributed by atoms with Crippen molar-refractivity contribution in [2.75, 3.05) is 19.6 Å². The molecule has 0 bridgehead atoms. The lowest BCUT2D eigenvalue weighted by Crippen LogP contribution is -2.35. The lowest BCUT2D eigenvalue weighted by atomic mass is 9.88. The van der Waals surface area contributed by atoms with E-state index in [1.54, 1.807) is 5.57 Å². The summed E-state index contributed by atoms with van der Waals surface area (Å²) in [6.45, 7) is 8.22. The van der Waals surface area contributed by atoms with E-state index in [-0.39, 0.29) is 0 Å². The van der Waals surface area contributed by atoms with Crippen molar-refractivity contribution in [2.45, 2.75) is 52.4 Å². The minimum Gasteiger partial charge on any atom is -0.302 e. The monoisotopic (exact) mass is 394 g/mol. The fourth-order valence-corrected chi connectivity index (χ4v) is 5.00. The number of aryl methyl sites for hydroxylation is 2. The maximum Gasteiger partial charge on any atom is 0.0739 e. The molecule has 1 fully saturated rings. The highest BCUT2D eigenvalue weighted by Crippen LogP contribution is 2.38. The van der Waals surface area contributed by atoms with E-state index >= 15 is 0 Å². The van der Waals surface area contributed by atoms with E-state index in [0.717, 1.165) is 36.6 Å². The molecule has 0 amide bonds. The average Bonchev–Trinajstić information content (AvgIpc) is 2.89. The van der Waals surface area contributed by atoms with Crippen LogP contribution in [0.4, 0.5) is 0 Å². The van der Waals surface area contributed by atoms with E-state index in [0.29, 0.717) is 0 Å². The van der Waals surface area contributed by atoms with Crippen LogP contribution in [-0.2, 0) is 12.8 Å². The summed E-state index contributed by atoms with van der Waals surface area (Å²) in [6.07, 6.45) is 8.88. The Morgan fingerprint density at radius 1 is 1.00 bits per heavy atom. The predicted octanol–water partition coefficient (Wildman–Crippen LogP) is 6.17. The summed E-state index contributed by atoms with van der Waals surface area (Å²) in [7, 11) is 0. The second-order valence-electron chi connectivity index (χ2n) is 8.27. The highest BCUT2D eigenvalue weighted by molar-refractivity contribution is 6.30. The van der Waals surface area contributed by atoms with Crippen LogP contribution in [0.25, 0.3) is 5.57 Å². The van der Waals surface area contributed by atoms with Crippen LogP contribution in [0.15, 0.2) is 42.1 Å². The minimum absolute atomic E-state index is 0.831. The Morgan fingerprint density at radius 3 is 2.50 bits per heavy atom. The lowest BCUT2D eigenvalue weighted by Gasteiger charge is -2.32. The minimum atomic E-state index is 0.831. The van der Waals surface area contributed by atoms with Gasteiger partial charge in [-0.25, -0.2) is 0 Å². The van der Waals surface area contributed by atoms with Gasteiger partial charge in [0.05, 0.1) is 5.69 Å². The van der Waals surface area contributed by atoms with E-state index in [1.807, 2.05) is 12.3 Å². The van der Waals surface area contributed by atoms with Crippen LogP contribution in [0.2, 0.25) is 5.02 Å². The van der Waals surface area contributed by atoms with Crippen molar-refractivity contribution >= 4 is 17.2 Å². The number of likely N-dealkylation sites (tertiary alicyclic amines) is 1. The second kappa shape index (κ2) is 8.80. The topological polar surface area (TPSA) is 16.1 Å². The summed E-state index contributed by atoms with van der Waals surface area (Å²) >= 11 is 6.33. The Labute approximate surface area is 174 Å². The standard InChI is InChI=1S/C25H31ClN2/c1-3-18(4-2)17-28-14-11-19(12-15-28)24-23-10-9-22(26)16-21(23)8-7-20-6-5-13-27-25(20)24/h5-6,9-10,13,16,18H,3-4,7-8,11-12,14-15,17H2,1-2H3. The van der Waals surface area contributed by atoms with Gasteiger partial charge in [0, 0.05) is 36.4 Å². The van der Waals surface area contributed by atoms with Crippen molar-refractivity contribution in [3.8, 4) is 0 Å². The van der Waals surface area contributed by atoms with Gasteiger partial charge in [0.1, 0.15) is 0 Å². The van der Waals surface area contributed by atoms with Crippen molar-refractivity contribution in [3.63, 3.8) is 0 Å². The van der Waals surface area contributed by atoms with Crippen molar-refractivity contribution in [3.05, 3.63) is 69.5 Å². The van der Waals surface area contributed by atoms with Crippen molar-refractivity contribution < 1.29 is 0 Å². The van der Waals surface area contributed by atoms with Crippen molar-refractivity contribution in [1.29, 1.82) is 0 Å². The Kier molecular flexibility index (Phi) is 6.18. The predicted molar refractivity (Wildman–Crippen MR) is 119 cm³/mol. The van der Waals surface area contributed by atoms with E-state index in [4.69, 9.17) is 16.6 Å². The zero-order chi connectivity index (χ0) is 19.5. The molecule has 148 valence electrons. The van der Waals surface area contributed by atoms with Gasteiger partial charge in [-0.3, -0.25) is 4.98 Å². The first kappa shape index (κ1) is 19.7. The van der Waals surface area contributed by atoms with Crippen LogP contribution in [0, 0.1) is 5.92 Å². The SMILES string of the molecule is CCC(CC)CN1CCC(=C2c3ccc(Cl)cc3CCc3cccnc32)CC1. The molecule has 2 heterocycles. The highest BCUT2D eigenvalue weighted by atomic mass is 35.5. The molecule has 1 saturated heterocycles. The zero-order valence-electron chi connectivity index (χ0n) is 17.2. The number of pyridine rings is 1. The molecule has 0 N–H and O–H groups in total. The summed E-state index contributed by atoms with van der Waals surface area (Å²) < 4.78 is 0. The molecular weight excluding hydrogens is 364 g/mol. The molecule has 3 heteroatoms. The number of hydrogen-bond acceptors (Lipinski definition) is 2. The second-order valence-corrected chi connectivity index (χ2v) is 8.71. The number of halogens is 1. The maximum atomic E-state index is 6.33. The molecule has 0 saturated carbocycles. The Balaban J connectivity index is 1.69. The van der Waals surface area contributed by atoms with Gasteiger partial charge < -0.3 is 4.90 Å². The average molecular weight is 395 g/mol. The van der Waals surface area contributed by atoms with Crippen LogP contribution in [-0.4, -0.2) is 29.5 Å². The van der Waals surface area contributed by atoms with Gasteiger partial charge in [-0.1, -0.05) is 56.0 Å². The molecule has 1 aromatic carbocycles. The van der Waals surface area contributed by atoms with Gasteiger partial charge in [-0.15, -0.1) is 0 Å². The number of fused-ring (bicyclic) bond motifs is 2. The lowest BCUT2D eigenvalue weighted by molar-refractivity contribution is 0.211. The van der Waals surface area contributed by atoms with E-state index in [9.17, 15) is 0 Å². The van der Waals surface area contributed by atoms with Gasteiger partial charge in [0.15, 0.2) is 0 Å². The summed E-state index contributed by atoms with van der Waals surface area (Å²) in [4.78, 5) is 7.51. The van der Waals surface area contributed by atoms with Crippen LogP contribution in [0.1, 0.15) is 61.9 Å². The smallest absolute Gasteiger partial charge is 0.0739 e. The molecule has 0 atom stereocenters. The molecule has 2 aliphatic rings. The molecule has 2 nitrogen and oxygen atoms in total. The number of aromatic nitrogens is 1. The Hall–Kier alpha value is -1.64. The first-order valence-corrected chi connectivity index (χ1v) is 11.2. The molecule has 0 spiro atoms. The third-order valence-corrected chi connectivity index (χ3v) is 6.85. The van der Waals surface area contributed by atoms with Crippen LogP contribution < -0.4 is 0 Å². The number of benzene rings is 1. The maximum absolute atomic E-state index is 6.33. The van der Waals surface area contributed by atoms with E-state index < -0.39 is 0 Å². The van der Waals surface area contributed by atoms with Crippen LogP contribution in [0.5, 0.6) is 0 Å². The molecular formula is C25H31ClN2. The fraction of sp³-hybridized carbons (Fsp3) is 0.480. The first-order chi connectivity index (χ1) is 13.7. The number of rotatable bonds is 4. The van der Waals surface area contributed by atoms with E-state index in [1.165, 1.54) is 60.4 Å². The third-order valence-electron chi connectivity index (χ3n) is 6.61. The largest absolute Gasteiger partial charge is 0.302 e. The molecule has 4 rings (SSSR count). The summed E-state index contributed by atoms with van der Waals surface area (Å²) in [5.74, 6) is 0.831.